The molecule has 34 heavy (non-hydrogen) atoms. The van der Waals surface area contributed by atoms with E-state index in [1.165, 1.54) is 24.5 Å². The van der Waals surface area contributed by atoms with E-state index in [1.54, 1.807) is 23.5 Å². The van der Waals surface area contributed by atoms with Crippen LogP contribution in [0.25, 0.3) is 32.2 Å². The van der Waals surface area contributed by atoms with Crippen molar-refractivity contribution in [1.82, 2.24) is 4.98 Å². The highest BCUT2D eigenvalue weighted by Gasteiger charge is 2.19. The molecule has 0 aliphatic rings. The number of aromatic hydroxyl groups is 1. The predicted molar refractivity (Wildman–Crippen MR) is 141 cm³/mol. The molecule has 2 heterocycles. The van der Waals surface area contributed by atoms with Gasteiger partial charge < -0.3 is 10.2 Å². The maximum Gasteiger partial charge on any atom is 0.336 e. The molecule has 0 fully saturated rings. The number of hydrogen-bond donors (Lipinski definition) is 2. The molecule has 0 bridgehead atoms. The van der Waals surface area contributed by atoms with Crippen LogP contribution in [0.5, 0.6) is 5.75 Å². The van der Waals surface area contributed by atoms with Crippen LogP contribution in [0.2, 0.25) is 0 Å². The molecule has 0 atom stereocenters. The largest absolute Gasteiger partial charge is 0.507 e. The smallest absolute Gasteiger partial charge is 0.336 e. The van der Waals surface area contributed by atoms with Gasteiger partial charge in [-0.25, -0.2) is 9.78 Å². The Labute approximate surface area is 203 Å². The first-order valence-electron chi connectivity index (χ1n) is 11.4. The first-order chi connectivity index (χ1) is 16.5. The van der Waals surface area contributed by atoms with Gasteiger partial charge in [-0.3, -0.25) is 0 Å². The molecule has 5 rings (SSSR count). The Morgan fingerprint density at radius 1 is 0.971 bits per heavy atom. The minimum atomic E-state index is -1.07. The van der Waals surface area contributed by atoms with Crippen LogP contribution in [0.1, 0.15) is 41.8 Å². The van der Waals surface area contributed by atoms with E-state index in [0.29, 0.717) is 23.0 Å². The number of aromatic carboxylic acids is 1. The Balaban J connectivity index is 0.000000257. The molecule has 4 nitrogen and oxygen atoms in total. The number of fused-ring (bicyclic) bond motifs is 2. The number of carboxylic acids is 1. The Kier molecular flexibility index (Phi) is 7.24. The van der Waals surface area contributed by atoms with Crippen molar-refractivity contribution in [3.8, 4) is 17.0 Å². The SMILES string of the molecule is CCCc1ccccc1.CCc1ccc(O)c2c(C(=O)O)cc(-c3csc4ccccc34)nc12. The average Bonchev–Trinajstić information content (AvgIpc) is 3.29. The zero-order valence-electron chi connectivity index (χ0n) is 19.3. The number of aryl methyl sites for hydroxylation is 2. The number of pyridine rings is 1. The fourth-order valence-electron chi connectivity index (χ4n) is 4.08. The van der Waals surface area contributed by atoms with E-state index in [1.807, 2.05) is 36.6 Å². The van der Waals surface area contributed by atoms with Crippen molar-refractivity contribution in [2.75, 3.05) is 0 Å². The van der Waals surface area contributed by atoms with Crippen molar-refractivity contribution in [3.63, 3.8) is 0 Å². The second-order valence-corrected chi connectivity index (χ2v) is 8.97. The second-order valence-electron chi connectivity index (χ2n) is 8.06. The number of aromatic nitrogens is 1. The van der Waals surface area contributed by atoms with Crippen molar-refractivity contribution in [2.24, 2.45) is 0 Å². The molecule has 0 unspecified atom stereocenters. The summed E-state index contributed by atoms with van der Waals surface area (Å²) in [5.74, 6) is -1.13. The molecule has 2 aromatic heterocycles. The van der Waals surface area contributed by atoms with Crippen LogP contribution < -0.4 is 0 Å². The maximum atomic E-state index is 11.8. The average molecular weight is 470 g/mol. The Hall–Kier alpha value is -3.70. The summed E-state index contributed by atoms with van der Waals surface area (Å²) in [5, 5.41) is 23.2. The molecule has 5 heteroatoms. The van der Waals surface area contributed by atoms with Crippen molar-refractivity contribution >= 4 is 38.3 Å². The first-order valence-corrected chi connectivity index (χ1v) is 12.3. The molecule has 0 saturated carbocycles. The molecule has 0 spiro atoms. The quantitative estimate of drug-likeness (QED) is 0.276. The van der Waals surface area contributed by atoms with E-state index < -0.39 is 5.97 Å². The van der Waals surface area contributed by atoms with Crippen LogP contribution in [0.4, 0.5) is 0 Å². The van der Waals surface area contributed by atoms with E-state index in [2.05, 4.69) is 37.3 Å². The van der Waals surface area contributed by atoms with Crippen LogP contribution in [0.15, 0.2) is 78.2 Å². The summed E-state index contributed by atoms with van der Waals surface area (Å²) in [5.41, 5.74) is 4.51. The van der Waals surface area contributed by atoms with Crippen LogP contribution in [-0.2, 0) is 12.8 Å². The summed E-state index contributed by atoms with van der Waals surface area (Å²) in [6, 6.07) is 23.4. The summed E-state index contributed by atoms with van der Waals surface area (Å²) in [7, 11) is 0. The van der Waals surface area contributed by atoms with Gasteiger partial charge in [-0.15, -0.1) is 11.3 Å². The van der Waals surface area contributed by atoms with Gasteiger partial charge in [0.1, 0.15) is 5.75 Å². The number of carboxylic acid groups (broad SMARTS) is 1. The molecular formula is C29H27NO3S. The molecule has 2 N–H and O–H groups in total. The second kappa shape index (κ2) is 10.5. The molecular weight excluding hydrogens is 442 g/mol. The van der Waals surface area contributed by atoms with Crippen molar-refractivity contribution in [2.45, 2.75) is 33.1 Å². The fraction of sp³-hybridized carbons (Fsp3) is 0.172. The van der Waals surface area contributed by atoms with Gasteiger partial charge in [0.2, 0.25) is 0 Å². The highest BCUT2D eigenvalue weighted by atomic mass is 32.1. The maximum absolute atomic E-state index is 11.8. The number of phenolic OH excluding ortho intramolecular Hbond substituents is 1. The monoisotopic (exact) mass is 469 g/mol. The topological polar surface area (TPSA) is 70.4 Å². The summed E-state index contributed by atoms with van der Waals surface area (Å²) in [4.78, 5) is 16.5. The molecule has 0 radical (unpaired) electrons. The molecule has 0 amide bonds. The van der Waals surface area contributed by atoms with Gasteiger partial charge in [0, 0.05) is 21.0 Å². The fourth-order valence-corrected chi connectivity index (χ4v) is 5.03. The summed E-state index contributed by atoms with van der Waals surface area (Å²) < 4.78 is 1.13. The summed E-state index contributed by atoms with van der Waals surface area (Å²) >= 11 is 1.60. The number of rotatable bonds is 5. The van der Waals surface area contributed by atoms with E-state index >= 15 is 0 Å². The van der Waals surface area contributed by atoms with E-state index in [4.69, 9.17) is 4.98 Å². The molecule has 0 aliphatic heterocycles. The third kappa shape index (κ3) is 4.80. The minimum Gasteiger partial charge on any atom is -0.507 e. The van der Waals surface area contributed by atoms with Gasteiger partial charge in [0.25, 0.3) is 0 Å². The molecule has 5 aromatic rings. The normalized spacial score (nSPS) is 10.8. The molecule has 0 aliphatic carbocycles. The van der Waals surface area contributed by atoms with E-state index in [0.717, 1.165) is 21.2 Å². The van der Waals surface area contributed by atoms with Crippen molar-refractivity contribution in [3.05, 3.63) is 94.9 Å². The Bertz CT molecular complexity index is 1440. The first kappa shape index (κ1) is 23.5. The Morgan fingerprint density at radius 2 is 1.71 bits per heavy atom. The summed E-state index contributed by atoms with van der Waals surface area (Å²) in [6.45, 7) is 4.19. The highest BCUT2D eigenvalue weighted by Crippen LogP contribution is 2.37. The van der Waals surface area contributed by atoms with Gasteiger partial charge >= 0.3 is 5.97 Å². The number of benzene rings is 3. The third-order valence-corrected chi connectivity index (χ3v) is 6.74. The zero-order valence-corrected chi connectivity index (χ0v) is 20.1. The van der Waals surface area contributed by atoms with Crippen LogP contribution >= 0.6 is 11.3 Å². The standard InChI is InChI=1S/C20H15NO3S.C9H12/c1-2-11-7-8-16(22)18-13(20(23)24)9-15(21-19(11)18)14-10-25-17-6-4-3-5-12(14)17;1-2-6-9-7-4-3-5-8-9/h3-10,22H,2H2,1H3,(H,23,24);3-5,7-8H,2,6H2,1H3. The summed E-state index contributed by atoms with van der Waals surface area (Å²) in [6.07, 6.45) is 3.15. The van der Waals surface area contributed by atoms with Crippen molar-refractivity contribution < 1.29 is 15.0 Å². The molecule has 0 saturated heterocycles. The number of carbonyl (C=O) groups is 1. The van der Waals surface area contributed by atoms with Crippen LogP contribution in [0, 0.1) is 0 Å². The molecule has 172 valence electrons. The van der Waals surface area contributed by atoms with Crippen molar-refractivity contribution in [1.29, 1.82) is 0 Å². The Morgan fingerprint density at radius 3 is 2.41 bits per heavy atom. The van der Waals surface area contributed by atoms with E-state index in [9.17, 15) is 15.0 Å². The number of nitrogens with zero attached hydrogens (tertiary/aromatic N) is 1. The van der Waals surface area contributed by atoms with E-state index in [-0.39, 0.29) is 11.3 Å². The zero-order chi connectivity index (χ0) is 24.1. The number of phenols is 1. The predicted octanol–water partition coefficient (Wildman–Crippen LogP) is 7.72. The minimum absolute atomic E-state index is 0.0566. The van der Waals surface area contributed by atoms with Gasteiger partial charge in [-0.1, -0.05) is 74.9 Å². The van der Waals surface area contributed by atoms with Gasteiger partial charge in [-0.05, 0) is 42.2 Å². The lowest BCUT2D eigenvalue weighted by molar-refractivity contribution is 0.0698. The highest BCUT2D eigenvalue weighted by molar-refractivity contribution is 7.17. The lowest BCUT2D eigenvalue weighted by atomic mass is 9.99. The third-order valence-electron chi connectivity index (χ3n) is 5.77. The lowest BCUT2D eigenvalue weighted by Crippen LogP contribution is -2.02. The van der Waals surface area contributed by atoms with Gasteiger partial charge in [0.05, 0.1) is 22.2 Å². The molecule has 3 aromatic carbocycles. The van der Waals surface area contributed by atoms with Gasteiger partial charge in [-0.2, -0.15) is 0 Å². The van der Waals surface area contributed by atoms with Crippen LogP contribution in [-0.4, -0.2) is 21.2 Å². The lowest BCUT2D eigenvalue weighted by Gasteiger charge is -2.11. The van der Waals surface area contributed by atoms with Crippen LogP contribution in [0.3, 0.4) is 0 Å². The number of hydrogen-bond acceptors (Lipinski definition) is 4. The van der Waals surface area contributed by atoms with Gasteiger partial charge in [0.15, 0.2) is 0 Å². The number of thiophene rings is 1.